The van der Waals surface area contributed by atoms with Crippen LogP contribution in [0.4, 0.5) is 68.2 Å². The first-order chi connectivity index (χ1) is 43.2. The molecule has 9 heteroatoms. The summed E-state index contributed by atoms with van der Waals surface area (Å²) in [6.07, 6.45) is 0. The molecule has 8 heterocycles. The Labute approximate surface area is 500 Å². The zero-order chi connectivity index (χ0) is 56.3. The maximum Gasteiger partial charge on any atom is 0.252 e. The molecule has 0 bridgehead atoms. The van der Waals surface area contributed by atoms with Crippen LogP contribution in [0.1, 0.15) is 0 Å². The van der Waals surface area contributed by atoms with E-state index < -0.39 is 0 Å². The third kappa shape index (κ3) is 5.83. The van der Waals surface area contributed by atoms with E-state index in [1.54, 1.807) is 0 Å². The Balaban J connectivity index is 0.936. The van der Waals surface area contributed by atoms with Crippen LogP contribution in [0.3, 0.4) is 0 Å². The van der Waals surface area contributed by atoms with Crippen LogP contribution >= 0.6 is 0 Å². The Morgan fingerprint density at radius 3 is 1.21 bits per heavy atom. The van der Waals surface area contributed by atoms with E-state index >= 15 is 0 Å². The SMILES string of the molecule is c1ccc(N2c3cc(-n4c5ccccc5c5ccccc54)ccc3B3c4cccc5c4N4c6c3c2cc2c6B(c3ccc(-n6c7ccccc7c7ccccc76)cc3N2c2ccccc2)c2cc3oc6ccccc6c3c(c24)N5c2ccccc2)cc1. The minimum atomic E-state index is -0.209. The zero-order valence-electron chi connectivity index (χ0n) is 46.8. The molecule has 13 aromatic carbocycles. The van der Waals surface area contributed by atoms with Gasteiger partial charge < -0.3 is 33.2 Å². The lowest BCUT2D eigenvalue weighted by Crippen LogP contribution is -2.69. The maximum absolute atomic E-state index is 7.17. The van der Waals surface area contributed by atoms with Gasteiger partial charge in [0.15, 0.2) is 0 Å². The van der Waals surface area contributed by atoms with Crippen molar-refractivity contribution < 1.29 is 4.42 Å². The standard InChI is InChI=1S/C78H46B2N6O/c1-4-21-47(22-5-1)81-66-43-50(83-61-33-15-10-27-52(61)53-28-11-16-34-62(53)83)39-41-57(66)79-59-32-20-37-65-75(59)86-76-60(45-71-72(56-31-14-19-38-70(56)87-71)77(76)85(65)49-25-8-3-9-26-49)80-58-42-40-51(84-63-35-17-12-29-54(63)55-30-13-18-36-64(55)84)44-67(58)82(48-23-6-2-7-24-48)69-46-68(81)73(79)78(86)74(69)80/h1-46H. The lowest BCUT2D eigenvalue weighted by Gasteiger charge is -2.54. The molecule has 0 unspecified atom stereocenters. The number of anilines is 12. The van der Waals surface area contributed by atoms with Crippen molar-refractivity contribution in [2.75, 3.05) is 19.6 Å². The van der Waals surface area contributed by atoms with E-state index in [0.717, 1.165) is 84.5 Å². The van der Waals surface area contributed by atoms with Gasteiger partial charge in [0.1, 0.15) is 11.2 Å². The van der Waals surface area contributed by atoms with Gasteiger partial charge in [0.25, 0.3) is 13.4 Å². The quantitative estimate of drug-likeness (QED) is 0.161. The lowest BCUT2D eigenvalue weighted by atomic mass is 9.28. The molecule has 7 nitrogen and oxygen atoms in total. The molecule has 5 aliphatic heterocycles. The number of fused-ring (bicyclic) bond motifs is 16. The van der Waals surface area contributed by atoms with E-state index in [0.29, 0.717) is 0 Å². The van der Waals surface area contributed by atoms with Crippen molar-refractivity contribution in [1.82, 2.24) is 9.13 Å². The fraction of sp³-hybridized carbons (Fsp3) is 0. The summed E-state index contributed by atoms with van der Waals surface area (Å²) >= 11 is 0. The number of furan rings is 1. The minimum Gasteiger partial charge on any atom is -0.456 e. The van der Waals surface area contributed by atoms with Gasteiger partial charge in [0.05, 0.1) is 50.2 Å². The fourth-order valence-electron chi connectivity index (χ4n) is 16.5. The summed E-state index contributed by atoms with van der Waals surface area (Å²) in [4.78, 5) is 10.5. The molecule has 0 saturated heterocycles. The second kappa shape index (κ2) is 16.7. The van der Waals surface area contributed by atoms with E-state index in [4.69, 9.17) is 4.42 Å². The van der Waals surface area contributed by atoms with Gasteiger partial charge in [-0.25, -0.2) is 0 Å². The summed E-state index contributed by atoms with van der Waals surface area (Å²) in [5.41, 5.74) is 30.1. The molecule has 16 aromatic rings. The van der Waals surface area contributed by atoms with E-state index in [1.807, 2.05) is 0 Å². The molecule has 0 amide bonds. The van der Waals surface area contributed by atoms with Crippen LogP contribution < -0.4 is 52.4 Å². The Morgan fingerprint density at radius 1 is 0.241 bits per heavy atom. The van der Waals surface area contributed by atoms with Crippen LogP contribution in [0.5, 0.6) is 0 Å². The molecule has 5 aliphatic rings. The van der Waals surface area contributed by atoms with E-state index in [1.165, 1.54) is 93.5 Å². The van der Waals surface area contributed by atoms with Gasteiger partial charge in [0, 0.05) is 83.8 Å². The highest BCUT2D eigenvalue weighted by atomic mass is 16.3. The monoisotopic (exact) mass is 1100 g/mol. The minimum absolute atomic E-state index is 0.141. The molecule has 3 aromatic heterocycles. The molecule has 21 rings (SSSR count). The highest BCUT2D eigenvalue weighted by molar-refractivity contribution is 7.05. The van der Waals surface area contributed by atoms with E-state index in [-0.39, 0.29) is 13.4 Å². The van der Waals surface area contributed by atoms with Crippen molar-refractivity contribution in [2.45, 2.75) is 0 Å². The molecule has 0 saturated carbocycles. The molecule has 0 fully saturated rings. The van der Waals surface area contributed by atoms with E-state index in [9.17, 15) is 0 Å². The first-order valence-corrected chi connectivity index (χ1v) is 30.2. The average molecular weight is 1100 g/mol. The van der Waals surface area contributed by atoms with Gasteiger partial charge >= 0.3 is 0 Å². The second-order valence-corrected chi connectivity index (χ2v) is 23.9. The smallest absolute Gasteiger partial charge is 0.252 e. The number of benzene rings is 13. The number of hydrogen-bond donors (Lipinski definition) is 0. The molecular weight excluding hydrogens is 1060 g/mol. The van der Waals surface area contributed by atoms with Gasteiger partial charge in [-0.05, 0) is 142 Å². The second-order valence-electron chi connectivity index (χ2n) is 23.9. The van der Waals surface area contributed by atoms with E-state index in [2.05, 4.69) is 308 Å². The Morgan fingerprint density at radius 2 is 0.690 bits per heavy atom. The Kier molecular flexibility index (Phi) is 8.83. The Hall–Kier alpha value is -11.4. The molecular formula is C78H46B2N6O. The van der Waals surface area contributed by atoms with Crippen molar-refractivity contribution in [2.24, 2.45) is 0 Å². The number of rotatable bonds is 5. The number of para-hydroxylation sites is 9. The fourth-order valence-corrected chi connectivity index (χ4v) is 16.5. The van der Waals surface area contributed by atoms with Gasteiger partial charge in [0.2, 0.25) is 0 Å². The summed E-state index contributed by atoms with van der Waals surface area (Å²) in [5.74, 6) is 0. The summed E-state index contributed by atoms with van der Waals surface area (Å²) < 4.78 is 12.1. The summed E-state index contributed by atoms with van der Waals surface area (Å²) in [5, 5.41) is 7.16. The predicted octanol–water partition coefficient (Wildman–Crippen LogP) is 16.3. The van der Waals surface area contributed by atoms with Crippen molar-refractivity contribution in [3.63, 3.8) is 0 Å². The molecule has 400 valence electrons. The van der Waals surface area contributed by atoms with Crippen LogP contribution in [0.25, 0.3) is 76.9 Å². The average Bonchev–Trinajstić information content (AvgIpc) is 0.713. The summed E-state index contributed by atoms with van der Waals surface area (Å²) in [6, 6.07) is 104. The summed E-state index contributed by atoms with van der Waals surface area (Å²) in [7, 11) is 0. The van der Waals surface area contributed by atoms with Crippen LogP contribution in [0.15, 0.2) is 283 Å². The molecule has 0 atom stereocenters. The van der Waals surface area contributed by atoms with Crippen LogP contribution in [-0.4, -0.2) is 22.6 Å². The number of hydrogen-bond acceptors (Lipinski definition) is 5. The largest absolute Gasteiger partial charge is 0.456 e. The first-order valence-electron chi connectivity index (χ1n) is 30.2. The van der Waals surface area contributed by atoms with Crippen molar-refractivity contribution in [1.29, 1.82) is 0 Å². The van der Waals surface area contributed by atoms with Gasteiger partial charge in [-0.3, -0.25) is 0 Å². The molecule has 0 radical (unpaired) electrons. The number of aromatic nitrogens is 2. The molecule has 0 spiro atoms. The van der Waals surface area contributed by atoms with Crippen molar-refractivity contribution in [3.05, 3.63) is 279 Å². The topological polar surface area (TPSA) is 36.0 Å². The summed E-state index contributed by atoms with van der Waals surface area (Å²) in [6.45, 7) is -0.350. The van der Waals surface area contributed by atoms with Gasteiger partial charge in [-0.2, -0.15) is 0 Å². The normalized spacial score (nSPS) is 13.8. The Bertz CT molecular complexity index is 5610. The molecule has 0 aliphatic carbocycles. The number of nitrogens with zero attached hydrogens (tertiary/aromatic N) is 6. The highest BCUT2D eigenvalue weighted by Crippen LogP contribution is 2.61. The van der Waals surface area contributed by atoms with Crippen LogP contribution in [-0.2, 0) is 0 Å². The first kappa shape index (κ1) is 46.0. The van der Waals surface area contributed by atoms with Crippen molar-refractivity contribution >= 4 is 180 Å². The van der Waals surface area contributed by atoms with Crippen molar-refractivity contribution in [3.8, 4) is 11.4 Å². The van der Waals surface area contributed by atoms with Crippen LogP contribution in [0, 0.1) is 0 Å². The molecule has 0 N–H and O–H groups in total. The van der Waals surface area contributed by atoms with Gasteiger partial charge in [-0.15, -0.1) is 0 Å². The molecule has 87 heavy (non-hydrogen) atoms. The highest BCUT2D eigenvalue weighted by Gasteiger charge is 2.55. The predicted molar refractivity (Wildman–Crippen MR) is 364 cm³/mol. The third-order valence-electron chi connectivity index (χ3n) is 19.7. The van der Waals surface area contributed by atoms with Gasteiger partial charge in [-0.1, -0.05) is 170 Å². The lowest BCUT2D eigenvalue weighted by molar-refractivity contribution is 0.669. The zero-order valence-corrected chi connectivity index (χ0v) is 46.8. The third-order valence-corrected chi connectivity index (χ3v) is 19.7. The van der Waals surface area contributed by atoms with Crippen LogP contribution in [0.2, 0.25) is 0 Å². The maximum atomic E-state index is 7.17.